The van der Waals surface area contributed by atoms with Gasteiger partial charge in [0.25, 0.3) is 0 Å². The maximum atomic E-state index is 10.3. The van der Waals surface area contributed by atoms with Gasteiger partial charge in [0.1, 0.15) is 17.2 Å². The number of nitriles is 1. The van der Waals surface area contributed by atoms with Gasteiger partial charge < -0.3 is 4.79 Å². The first-order chi connectivity index (χ1) is 7.33. The van der Waals surface area contributed by atoms with Gasteiger partial charge in [0.2, 0.25) is 0 Å². The molecule has 2 rings (SSSR count). The summed E-state index contributed by atoms with van der Waals surface area (Å²) < 4.78 is 1.13. The van der Waals surface area contributed by atoms with E-state index in [9.17, 15) is 4.79 Å². The molecule has 74 valence electrons. The van der Waals surface area contributed by atoms with E-state index in [2.05, 4.69) is 12.1 Å². The molecule has 0 spiro atoms. The molecule has 0 bridgehead atoms. The van der Waals surface area contributed by atoms with Crippen molar-refractivity contribution >= 4 is 27.7 Å². The van der Waals surface area contributed by atoms with Crippen LogP contribution in [0.15, 0.2) is 24.3 Å². The lowest BCUT2D eigenvalue weighted by molar-refractivity contribution is -0.107. The highest BCUT2D eigenvalue weighted by Crippen LogP contribution is 2.26. The van der Waals surface area contributed by atoms with Crippen LogP contribution in [0.3, 0.4) is 0 Å². The molecule has 0 atom stereocenters. The van der Waals surface area contributed by atoms with Crippen molar-refractivity contribution in [1.29, 1.82) is 5.26 Å². The van der Waals surface area contributed by atoms with Crippen LogP contribution < -0.4 is 0 Å². The fourth-order valence-corrected chi connectivity index (χ4v) is 2.37. The van der Waals surface area contributed by atoms with E-state index in [0.717, 1.165) is 33.2 Å². The number of carbonyl (C=O) groups is 1. The van der Waals surface area contributed by atoms with E-state index >= 15 is 0 Å². The number of benzene rings is 1. The second-order valence-electron chi connectivity index (χ2n) is 3.30. The third-order valence-electron chi connectivity index (χ3n) is 2.24. The Kier molecular flexibility index (Phi) is 2.79. The van der Waals surface area contributed by atoms with E-state index < -0.39 is 0 Å². The van der Waals surface area contributed by atoms with Crippen molar-refractivity contribution in [1.82, 2.24) is 0 Å². The van der Waals surface area contributed by atoms with Crippen molar-refractivity contribution in [2.45, 2.75) is 12.8 Å². The molecule has 0 saturated carbocycles. The maximum Gasteiger partial charge on any atom is 0.120 e. The number of hydrogen-bond acceptors (Lipinski definition) is 3. The molecule has 1 aromatic carbocycles. The Morgan fingerprint density at radius 1 is 1.40 bits per heavy atom. The number of nitrogens with zero attached hydrogens (tertiary/aromatic N) is 1. The summed E-state index contributed by atoms with van der Waals surface area (Å²) in [5.41, 5.74) is 1.15. The van der Waals surface area contributed by atoms with Gasteiger partial charge in [-0.15, -0.1) is 11.3 Å². The Morgan fingerprint density at radius 2 is 2.27 bits per heavy atom. The molecule has 0 aliphatic heterocycles. The van der Waals surface area contributed by atoms with Gasteiger partial charge in [0, 0.05) is 11.1 Å². The monoisotopic (exact) mass is 215 g/mol. The van der Waals surface area contributed by atoms with Crippen molar-refractivity contribution < 1.29 is 4.79 Å². The first-order valence-electron chi connectivity index (χ1n) is 4.69. The molecule has 0 fully saturated rings. The molecule has 0 aliphatic rings. The van der Waals surface area contributed by atoms with Crippen LogP contribution in [0.4, 0.5) is 0 Å². The molecule has 2 nitrogen and oxygen atoms in total. The van der Waals surface area contributed by atoms with E-state index in [1.807, 2.05) is 18.2 Å². The molecule has 3 heteroatoms. The summed E-state index contributed by atoms with van der Waals surface area (Å²) in [4.78, 5) is 11.0. The van der Waals surface area contributed by atoms with Gasteiger partial charge in [-0.3, -0.25) is 0 Å². The molecule has 0 saturated heterocycles. The quantitative estimate of drug-likeness (QED) is 0.739. The number of thiophene rings is 1. The molecule has 15 heavy (non-hydrogen) atoms. The summed E-state index contributed by atoms with van der Waals surface area (Å²) in [5, 5.41) is 9.86. The highest BCUT2D eigenvalue weighted by atomic mass is 32.1. The minimum atomic E-state index is 0.556. The standard InChI is InChI=1S/C12H9NOS/c13-8-11-7-10-6-9(2-1-5-14)3-4-12(10)15-11/h3-7H,1-2H2. The molecule has 1 heterocycles. The topological polar surface area (TPSA) is 40.9 Å². The van der Waals surface area contributed by atoms with Crippen LogP contribution in [-0.2, 0) is 11.2 Å². The fourth-order valence-electron chi connectivity index (χ4n) is 1.53. The third kappa shape index (κ3) is 2.05. The lowest BCUT2D eigenvalue weighted by Crippen LogP contribution is -1.84. The van der Waals surface area contributed by atoms with E-state index in [1.54, 1.807) is 0 Å². The van der Waals surface area contributed by atoms with E-state index in [0.29, 0.717) is 6.42 Å². The molecule has 0 unspecified atom stereocenters. The zero-order valence-electron chi connectivity index (χ0n) is 8.06. The largest absolute Gasteiger partial charge is 0.303 e. The Morgan fingerprint density at radius 3 is 3.00 bits per heavy atom. The summed E-state index contributed by atoms with van der Waals surface area (Å²) in [5.74, 6) is 0. The van der Waals surface area contributed by atoms with Gasteiger partial charge in [-0.25, -0.2) is 0 Å². The highest BCUT2D eigenvalue weighted by Gasteiger charge is 2.01. The molecular formula is C12H9NOS. The molecule has 2 aromatic rings. The summed E-state index contributed by atoms with van der Waals surface area (Å²) in [6, 6.07) is 10.1. The number of carbonyl (C=O) groups excluding carboxylic acids is 1. The van der Waals surface area contributed by atoms with Crippen LogP contribution in [0.2, 0.25) is 0 Å². The summed E-state index contributed by atoms with van der Waals surface area (Å²) in [7, 11) is 0. The number of fused-ring (bicyclic) bond motifs is 1. The Labute approximate surface area is 91.8 Å². The Balaban J connectivity index is 2.38. The van der Waals surface area contributed by atoms with E-state index in [-0.39, 0.29) is 0 Å². The number of aldehydes is 1. The SMILES string of the molecule is N#Cc1cc2cc(CCC=O)ccc2s1. The van der Waals surface area contributed by atoms with Gasteiger partial charge >= 0.3 is 0 Å². The first-order valence-corrected chi connectivity index (χ1v) is 5.51. The number of rotatable bonds is 3. The minimum Gasteiger partial charge on any atom is -0.303 e. The average Bonchev–Trinajstić information content (AvgIpc) is 2.68. The fraction of sp³-hybridized carbons (Fsp3) is 0.167. The Bertz CT molecular complexity index is 536. The molecule has 0 radical (unpaired) electrons. The number of aryl methyl sites for hydroxylation is 1. The molecule has 0 aliphatic carbocycles. The second kappa shape index (κ2) is 4.24. The predicted molar refractivity (Wildman–Crippen MR) is 60.9 cm³/mol. The predicted octanol–water partition coefficient (Wildman–Crippen LogP) is 2.90. The maximum absolute atomic E-state index is 10.3. The smallest absolute Gasteiger partial charge is 0.120 e. The van der Waals surface area contributed by atoms with Crippen molar-refractivity contribution in [2.24, 2.45) is 0 Å². The highest BCUT2D eigenvalue weighted by molar-refractivity contribution is 7.19. The van der Waals surface area contributed by atoms with Crippen LogP contribution in [0, 0.1) is 11.3 Å². The number of hydrogen-bond donors (Lipinski definition) is 0. The third-order valence-corrected chi connectivity index (χ3v) is 3.26. The van der Waals surface area contributed by atoms with Crippen LogP contribution in [0.25, 0.3) is 10.1 Å². The van der Waals surface area contributed by atoms with Gasteiger partial charge in [0.15, 0.2) is 0 Å². The van der Waals surface area contributed by atoms with Gasteiger partial charge in [-0.2, -0.15) is 5.26 Å². The van der Waals surface area contributed by atoms with Crippen molar-refractivity contribution in [3.63, 3.8) is 0 Å². The normalized spacial score (nSPS) is 10.1. The van der Waals surface area contributed by atoms with E-state index in [1.165, 1.54) is 11.3 Å². The van der Waals surface area contributed by atoms with Crippen LogP contribution >= 0.6 is 11.3 Å². The van der Waals surface area contributed by atoms with Crippen molar-refractivity contribution in [2.75, 3.05) is 0 Å². The molecule has 0 N–H and O–H groups in total. The summed E-state index contributed by atoms with van der Waals surface area (Å²) >= 11 is 1.50. The first kappa shape index (κ1) is 9.88. The molecule has 1 aromatic heterocycles. The zero-order valence-corrected chi connectivity index (χ0v) is 8.88. The lowest BCUT2D eigenvalue weighted by Gasteiger charge is -1.96. The average molecular weight is 215 g/mol. The molecule has 0 amide bonds. The van der Waals surface area contributed by atoms with Gasteiger partial charge in [-0.1, -0.05) is 12.1 Å². The summed E-state index contributed by atoms with van der Waals surface area (Å²) in [6.07, 6.45) is 2.26. The van der Waals surface area contributed by atoms with Crippen LogP contribution in [0.1, 0.15) is 16.9 Å². The Hall–Kier alpha value is -1.66. The lowest BCUT2D eigenvalue weighted by atomic mass is 10.1. The van der Waals surface area contributed by atoms with Gasteiger partial charge in [-0.05, 0) is 29.5 Å². The summed E-state index contributed by atoms with van der Waals surface area (Å²) in [6.45, 7) is 0. The minimum absolute atomic E-state index is 0.556. The van der Waals surface area contributed by atoms with Crippen LogP contribution in [0.5, 0.6) is 0 Å². The van der Waals surface area contributed by atoms with Crippen LogP contribution in [-0.4, -0.2) is 6.29 Å². The van der Waals surface area contributed by atoms with Crippen molar-refractivity contribution in [3.05, 3.63) is 34.7 Å². The van der Waals surface area contributed by atoms with Gasteiger partial charge in [0.05, 0.1) is 0 Å². The zero-order chi connectivity index (χ0) is 10.7. The molecular weight excluding hydrogens is 206 g/mol. The van der Waals surface area contributed by atoms with E-state index in [4.69, 9.17) is 5.26 Å². The van der Waals surface area contributed by atoms with Crippen molar-refractivity contribution in [3.8, 4) is 6.07 Å². The second-order valence-corrected chi connectivity index (χ2v) is 4.38.